The van der Waals surface area contributed by atoms with Gasteiger partial charge < -0.3 is 19.8 Å². The van der Waals surface area contributed by atoms with Crippen LogP contribution >= 0.6 is 0 Å². The molecule has 46 valence electrons. The van der Waals surface area contributed by atoms with Crippen LogP contribution in [0.1, 0.15) is 6.92 Å². The van der Waals surface area contributed by atoms with Crippen LogP contribution in [-0.4, -0.2) is 11.9 Å². The largest absolute Gasteiger partial charge is 1.00 e. The maximum atomic E-state index is 9.61. The maximum absolute atomic E-state index is 9.61. The van der Waals surface area contributed by atoms with Crippen LogP contribution in [0.15, 0.2) is 0 Å². The van der Waals surface area contributed by atoms with E-state index in [4.69, 9.17) is 0 Å². The summed E-state index contributed by atoms with van der Waals surface area (Å²) in [6.07, 6.45) is 0. The van der Waals surface area contributed by atoms with Crippen LogP contribution in [0.3, 0.4) is 0 Å². The molecule has 0 rings (SSSR count). The Balaban J connectivity index is -0.000000245. The van der Waals surface area contributed by atoms with Gasteiger partial charge in [-0.25, -0.2) is 0 Å². The second kappa shape index (κ2) is 9.30. The Kier molecular flexibility index (Phi) is 16.8. The Labute approximate surface area is 144 Å². The zero-order valence-corrected chi connectivity index (χ0v) is 12.5. The van der Waals surface area contributed by atoms with Crippen molar-refractivity contribution < 1.29 is 123 Å². The van der Waals surface area contributed by atoms with Crippen molar-refractivity contribution in [1.29, 1.82) is 0 Å². The van der Waals surface area contributed by atoms with E-state index in [1.807, 2.05) is 0 Å². The molecule has 10 heavy (non-hydrogen) atoms. The third-order valence-corrected chi connectivity index (χ3v) is 0.707. The van der Waals surface area contributed by atoms with Gasteiger partial charge in [0.25, 0.3) is 0 Å². The molecule has 0 saturated heterocycles. The molecule has 0 N–H and O–H groups in total. The van der Waals surface area contributed by atoms with Crippen molar-refractivity contribution in [1.82, 2.24) is 0 Å². The summed E-state index contributed by atoms with van der Waals surface area (Å²) < 4.78 is 0. The molecular formula is C4H4K2O4. The van der Waals surface area contributed by atoms with Crippen molar-refractivity contribution in [2.75, 3.05) is 0 Å². The molecule has 0 spiro atoms. The van der Waals surface area contributed by atoms with Crippen LogP contribution in [0.5, 0.6) is 0 Å². The fourth-order valence-corrected chi connectivity index (χ4v) is 0.0962. The first-order valence-electron chi connectivity index (χ1n) is 1.97. The van der Waals surface area contributed by atoms with Gasteiger partial charge in [0.05, 0.1) is 0 Å². The zero-order valence-electron chi connectivity index (χ0n) is 6.21. The molecule has 0 unspecified atom stereocenters. The molecule has 0 atom stereocenters. The molecule has 0 saturated carbocycles. The molecule has 0 aromatic heterocycles. The predicted octanol–water partition coefficient (Wildman–Crippen LogP) is -8.87. The van der Waals surface area contributed by atoms with E-state index >= 15 is 0 Å². The van der Waals surface area contributed by atoms with Gasteiger partial charge in [0.2, 0.25) is 0 Å². The average Bonchev–Trinajstić information content (AvgIpc) is 1.64. The summed E-state index contributed by atoms with van der Waals surface area (Å²) in [6.45, 7) is 0.991. The molecule has 0 aliphatic heterocycles. The minimum absolute atomic E-state index is 0. The first-order valence-corrected chi connectivity index (χ1v) is 1.97. The number of aliphatic carboxylic acids is 2. The van der Waals surface area contributed by atoms with Crippen LogP contribution < -0.4 is 113 Å². The van der Waals surface area contributed by atoms with Gasteiger partial charge in [-0.1, -0.05) is 6.92 Å². The number of hydrogen-bond donors (Lipinski definition) is 0. The quantitative estimate of drug-likeness (QED) is 0.323. The Morgan fingerprint density at radius 1 is 1.10 bits per heavy atom. The Hall–Kier alpha value is 2.21. The van der Waals surface area contributed by atoms with Gasteiger partial charge in [0.1, 0.15) is 0 Å². The fourth-order valence-electron chi connectivity index (χ4n) is 0.0962. The molecule has 0 aliphatic carbocycles. The molecular weight excluding hydrogens is 190 g/mol. The summed E-state index contributed by atoms with van der Waals surface area (Å²) in [7, 11) is 0. The van der Waals surface area contributed by atoms with Crippen molar-refractivity contribution >= 4 is 11.9 Å². The van der Waals surface area contributed by atoms with Gasteiger partial charge in [0, 0.05) is 17.9 Å². The normalized spacial score (nSPS) is 7.40. The first-order chi connectivity index (χ1) is 3.55. The summed E-state index contributed by atoms with van der Waals surface area (Å²) in [5.41, 5.74) is 0. The number of carboxylic acids is 2. The molecule has 0 heterocycles. The van der Waals surface area contributed by atoms with E-state index in [9.17, 15) is 19.8 Å². The van der Waals surface area contributed by atoms with E-state index in [-0.39, 0.29) is 103 Å². The van der Waals surface area contributed by atoms with E-state index in [0.29, 0.717) is 0 Å². The first kappa shape index (κ1) is 18.1. The summed E-state index contributed by atoms with van der Waals surface area (Å²) in [5, 5.41) is 19.2. The van der Waals surface area contributed by atoms with Gasteiger partial charge in [-0.3, -0.25) is 0 Å². The minimum Gasteiger partial charge on any atom is -0.549 e. The molecule has 4 nitrogen and oxygen atoms in total. The zero-order chi connectivity index (χ0) is 6.73. The van der Waals surface area contributed by atoms with E-state index in [1.54, 1.807) is 0 Å². The molecule has 0 bridgehead atoms. The number of carboxylic acid groups (broad SMARTS) is 2. The van der Waals surface area contributed by atoms with Crippen molar-refractivity contribution in [3.05, 3.63) is 0 Å². The van der Waals surface area contributed by atoms with Gasteiger partial charge in [0.15, 0.2) is 0 Å². The smallest absolute Gasteiger partial charge is 0.549 e. The maximum Gasteiger partial charge on any atom is 1.00 e. The number of carbonyl (C=O) groups is 2. The van der Waals surface area contributed by atoms with Crippen molar-refractivity contribution in [2.24, 2.45) is 5.92 Å². The Bertz CT molecular complexity index is 110. The molecule has 6 heteroatoms. The standard InChI is InChI=1S/C4H6O4.2K/c1-2(3(5)6)4(7)8;;/h2H,1H3,(H,5,6)(H,7,8);;/q;2*+1/p-2. The van der Waals surface area contributed by atoms with Crippen molar-refractivity contribution in [3.63, 3.8) is 0 Å². The molecule has 0 radical (unpaired) electrons. The topological polar surface area (TPSA) is 80.3 Å². The van der Waals surface area contributed by atoms with E-state index in [1.165, 1.54) is 0 Å². The SMILES string of the molecule is CC(C(=O)[O-])C(=O)[O-].[K+].[K+]. The number of rotatable bonds is 2. The van der Waals surface area contributed by atoms with Crippen LogP contribution in [0.2, 0.25) is 0 Å². The number of hydrogen-bond acceptors (Lipinski definition) is 4. The van der Waals surface area contributed by atoms with Crippen LogP contribution in [0.25, 0.3) is 0 Å². The Morgan fingerprint density at radius 3 is 1.30 bits per heavy atom. The minimum atomic E-state index is -1.62. The molecule has 0 amide bonds. The van der Waals surface area contributed by atoms with E-state index in [2.05, 4.69) is 0 Å². The van der Waals surface area contributed by atoms with Gasteiger partial charge in [-0.15, -0.1) is 0 Å². The summed E-state index contributed by atoms with van der Waals surface area (Å²) in [5.74, 6) is -4.76. The Morgan fingerprint density at radius 2 is 1.30 bits per heavy atom. The summed E-state index contributed by atoms with van der Waals surface area (Å²) >= 11 is 0. The van der Waals surface area contributed by atoms with Crippen LogP contribution in [-0.2, 0) is 9.59 Å². The summed E-state index contributed by atoms with van der Waals surface area (Å²) in [6, 6.07) is 0. The second-order valence-electron chi connectivity index (χ2n) is 1.36. The van der Waals surface area contributed by atoms with Crippen LogP contribution in [0.4, 0.5) is 0 Å². The van der Waals surface area contributed by atoms with E-state index in [0.717, 1.165) is 6.92 Å². The molecule has 0 aromatic carbocycles. The van der Waals surface area contributed by atoms with Crippen molar-refractivity contribution in [3.8, 4) is 0 Å². The van der Waals surface area contributed by atoms with Crippen molar-refractivity contribution in [2.45, 2.75) is 6.92 Å². The van der Waals surface area contributed by atoms with Gasteiger partial charge >= 0.3 is 103 Å². The molecule has 0 aliphatic rings. The van der Waals surface area contributed by atoms with E-state index < -0.39 is 17.9 Å². The molecule has 0 fully saturated rings. The predicted molar refractivity (Wildman–Crippen MR) is 19.2 cm³/mol. The van der Waals surface area contributed by atoms with Gasteiger partial charge in [-0.2, -0.15) is 0 Å². The fraction of sp³-hybridized carbons (Fsp3) is 0.500. The third kappa shape index (κ3) is 8.31. The number of carbonyl (C=O) groups excluding carboxylic acids is 2. The van der Waals surface area contributed by atoms with Crippen LogP contribution in [0, 0.1) is 5.92 Å². The monoisotopic (exact) mass is 194 g/mol. The summed E-state index contributed by atoms with van der Waals surface area (Å²) in [4.78, 5) is 19.2. The second-order valence-corrected chi connectivity index (χ2v) is 1.36. The van der Waals surface area contributed by atoms with Gasteiger partial charge in [-0.05, 0) is 0 Å². The molecule has 0 aromatic rings. The third-order valence-electron chi connectivity index (χ3n) is 0.707. The average molecular weight is 194 g/mol.